The first-order valence-corrected chi connectivity index (χ1v) is 5.19. The summed E-state index contributed by atoms with van der Waals surface area (Å²) in [7, 11) is 3.50. The zero-order valence-corrected chi connectivity index (χ0v) is 10.0. The number of hydrogen-bond acceptors (Lipinski definition) is 3. The van der Waals surface area contributed by atoms with Gasteiger partial charge in [-0.25, -0.2) is 9.67 Å². The Hall–Kier alpha value is -1.36. The van der Waals surface area contributed by atoms with Crippen LogP contribution in [0.4, 0.5) is 0 Å². The molecular weight excluding hydrogens is 258 g/mol. The number of benzene rings is 1. The fourth-order valence-electron chi connectivity index (χ4n) is 1.37. The maximum atomic E-state index is 5.19. The third-order valence-electron chi connectivity index (χ3n) is 2.08. The molecule has 15 heavy (non-hydrogen) atoms. The number of hydrogen-bond donors (Lipinski definition) is 0. The van der Waals surface area contributed by atoms with E-state index in [1.54, 1.807) is 11.8 Å². The van der Waals surface area contributed by atoms with E-state index in [1.807, 2.05) is 25.2 Å². The Morgan fingerprint density at radius 1 is 1.33 bits per heavy atom. The zero-order chi connectivity index (χ0) is 10.8. The van der Waals surface area contributed by atoms with Crippen molar-refractivity contribution in [3.8, 4) is 17.1 Å². The monoisotopic (exact) mass is 267 g/mol. The molecular formula is C10H10BrN3O. The standard InChI is InChI=1S/C10H10BrN3O/c1-14-10(12-6-13-14)7-3-8(11)5-9(4-7)15-2/h3-6H,1-2H3. The molecule has 0 unspecified atom stereocenters. The molecule has 5 heteroatoms. The number of nitrogens with zero attached hydrogens (tertiary/aromatic N) is 3. The van der Waals surface area contributed by atoms with Crippen molar-refractivity contribution in [2.75, 3.05) is 7.11 Å². The van der Waals surface area contributed by atoms with Crippen LogP contribution in [0.2, 0.25) is 0 Å². The Labute approximate surface area is 96.0 Å². The first-order valence-electron chi connectivity index (χ1n) is 4.39. The van der Waals surface area contributed by atoms with Crippen LogP contribution in [-0.2, 0) is 7.05 Å². The largest absolute Gasteiger partial charge is 0.497 e. The first kappa shape index (κ1) is 10.2. The summed E-state index contributed by atoms with van der Waals surface area (Å²) in [5, 5.41) is 4.03. The van der Waals surface area contributed by atoms with Crippen molar-refractivity contribution in [3.05, 3.63) is 29.0 Å². The summed E-state index contributed by atoms with van der Waals surface area (Å²) in [6, 6.07) is 5.81. The maximum absolute atomic E-state index is 5.19. The van der Waals surface area contributed by atoms with E-state index >= 15 is 0 Å². The average Bonchev–Trinajstić information content (AvgIpc) is 2.63. The Kier molecular flexibility index (Phi) is 2.73. The van der Waals surface area contributed by atoms with Gasteiger partial charge in [0.1, 0.15) is 12.1 Å². The molecule has 2 aromatic rings. The molecule has 1 aromatic heterocycles. The smallest absolute Gasteiger partial charge is 0.157 e. The SMILES string of the molecule is COc1cc(Br)cc(-c2ncnn2C)c1. The molecule has 1 aromatic carbocycles. The van der Waals surface area contributed by atoms with Gasteiger partial charge in [0.15, 0.2) is 5.82 Å². The number of ether oxygens (including phenoxy) is 1. The van der Waals surface area contributed by atoms with Crippen LogP contribution in [0.5, 0.6) is 5.75 Å². The minimum absolute atomic E-state index is 0.794. The van der Waals surface area contributed by atoms with Crippen LogP contribution in [0.1, 0.15) is 0 Å². The first-order chi connectivity index (χ1) is 7.20. The van der Waals surface area contributed by atoms with E-state index in [0.717, 1.165) is 21.6 Å². The normalized spacial score (nSPS) is 10.3. The minimum atomic E-state index is 0.794. The number of halogens is 1. The molecule has 0 radical (unpaired) electrons. The van der Waals surface area contributed by atoms with Gasteiger partial charge >= 0.3 is 0 Å². The van der Waals surface area contributed by atoms with E-state index in [1.165, 1.54) is 6.33 Å². The van der Waals surface area contributed by atoms with E-state index in [4.69, 9.17) is 4.74 Å². The van der Waals surface area contributed by atoms with Crippen molar-refractivity contribution in [1.82, 2.24) is 14.8 Å². The lowest BCUT2D eigenvalue weighted by Crippen LogP contribution is -1.95. The quantitative estimate of drug-likeness (QED) is 0.838. The molecule has 0 aliphatic heterocycles. The van der Waals surface area contributed by atoms with Crippen LogP contribution in [0.25, 0.3) is 11.4 Å². The van der Waals surface area contributed by atoms with E-state index in [-0.39, 0.29) is 0 Å². The fraction of sp³-hybridized carbons (Fsp3) is 0.200. The predicted molar refractivity (Wildman–Crippen MR) is 60.7 cm³/mol. The highest BCUT2D eigenvalue weighted by Gasteiger charge is 2.06. The fourth-order valence-corrected chi connectivity index (χ4v) is 1.84. The minimum Gasteiger partial charge on any atom is -0.497 e. The second-order valence-electron chi connectivity index (χ2n) is 3.09. The van der Waals surface area contributed by atoms with Gasteiger partial charge in [0.2, 0.25) is 0 Å². The molecule has 0 saturated heterocycles. The van der Waals surface area contributed by atoms with Gasteiger partial charge in [0, 0.05) is 17.1 Å². The van der Waals surface area contributed by atoms with Crippen LogP contribution in [0.3, 0.4) is 0 Å². The Morgan fingerprint density at radius 3 is 2.73 bits per heavy atom. The van der Waals surface area contributed by atoms with Crippen LogP contribution < -0.4 is 4.74 Å². The van der Waals surface area contributed by atoms with Crippen LogP contribution in [-0.4, -0.2) is 21.9 Å². The number of aryl methyl sites for hydroxylation is 1. The van der Waals surface area contributed by atoms with Crippen molar-refractivity contribution in [1.29, 1.82) is 0 Å². The second kappa shape index (κ2) is 4.02. The van der Waals surface area contributed by atoms with Gasteiger partial charge in [0.05, 0.1) is 7.11 Å². The Balaban J connectivity index is 2.53. The highest BCUT2D eigenvalue weighted by Crippen LogP contribution is 2.26. The molecule has 0 fully saturated rings. The lowest BCUT2D eigenvalue weighted by molar-refractivity contribution is 0.414. The number of methoxy groups -OCH3 is 1. The molecule has 0 amide bonds. The van der Waals surface area contributed by atoms with Crippen molar-refractivity contribution < 1.29 is 4.74 Å². The predicted octanol–water partition coefficient (Wildman–Crippen LogP) is 2.25. The van der Waals surface area contributed by atoms with Gasteiger partial charge in [-0.2, -0.15) is 5.10 Å². The lowest BCUT2D eigenvalue weighted by atomic mass is 10.2. The summed E-state index contributed by atoms with van der Waals surface area (Å²) < 4.78 is 7.87. The van der Waals surface area contributed by atoms with Crippen molar-refractivity contribution in [3.63, 3.8) is 0 Å². The molecule has 2 rings (SSSR count). The van der Waals surface area contributed by atoms with Gasteiger partial charge in [0.25, 0.3) is 0 Å². The molecule has 0 bridgehead atoms. The van der Waals surface area contributed by atoms with Gasteiger partial charge in [-0.3, -0.25) is 0 Å². The molecule has 0 atom stereocenters. The van der Waals surface area contributed by atoms with Gasteiger partial charge in [-0.1, -0.05) is 15.9 Å². The molecule has 0 spiro atoms. The summed E-state index contributed by atoms with van der Waals surface area (Å²) in [6.45, 7) is 0. The van der Waals surface area contributed by atoms with E-state index in [2.05, 4.69) is 26.0 Å². The van der Waals surface area contributed by atoms with Crippen molar-refractivity contribution in [2.45, 2.75) is 0 Å². The second-order valence-corrected chi connectivity index (χ2v) is 4.00. The molecule has 0 saturated carbocycles. The van der Waals surface area contributed by atoms with E-state index in [9.17, 15) is 0 Å². The summed E-state index contributed by atoms with van der Waals surface area (Å²) in [5.74, 6) is 1.61. The maximum Gasteiger partial charge on any atom is 0.157 e. The number of aromatic nitrogens is 3. The number of rotatable bonds is 2. The van der Waals surface area contributed by atoms with E-state index in [0.29, 0.717) is 0 Å². The molecule has 1 heterocycles. The van der Waals surface area contributed by atoms with Crippen LogP contribution >= 0.6 is 15.9 Å². The molecule has 0 aliphatic carbocycles. The molecule has 78 valence electrons. The Bertz CT molecular complexity index is 481. The molecule has 0 N–H and O–H groups in total. The van der Waals surface area contributed by atoms with Gasteiger partial charge in [-0.05, 0) is 18.2 Å². The zero-order valence-electron chi connectivity index (χ0n) is 8.44. The molecule has 4 nitrogen and oxygen atoms in total. The molecule has 0 aliphatic rings. The van der Waals surface area contributed by atoms with E-state index < -0.39 is 0 Å². The van der Waals surface area contributed by atoms with Crippen LogP contribution in [0.15, 0.2) is 29.0 Å². The van der Waals surface area contributed by atoms with Crippen molar-refractivity contribution >= 4 is 15.9 Å². The topological polar surface area (TPSA) is 39.9 Å². The summed E-state index contributed by atoms with van der Waals surface area (Å²) in [4.78, 5) is 4.18. The third kappa shape index (κ3) is 2.02. The lowest BCUT2D eigenvalue weighted by Gasteiger charge is -2.05. The summed E-state index contributed by atoms with van der Waals surface area (Å²) >= 11 is 3.43. The third-order valence-corrected chi connectivity index (χ3v) is 2.53. The van der Waals surface area contributed by atoms with Crippen molar-refractivity contribution in [2.24, 2.45) is 7.05 Å². The van der Waals surface area contributed by atoms with Gasteiger partial charge in [-0.15, -0.1) is 0 Å². The highest BCUT2D eigenvalue weighted by molar-refractivity contribution is 9.10. The Morgan fingerprint density at radius 2 is 2.13 bits per heavy atom. The average molecular weight is 268 g/mol. The summed E-state index contributed by atoms with van der Waals surface area (Å²) in [5.41, 5.74) is 0.973. The van der Waals surface area contributed by atoms with Gasteiger partial charge < -0.3 is 4.74 Å². The van der Waals surface area contributed by atoms with Crippen LogP contribution in [0, 0.1) is 0 Å². The summed E-state index contributed by atoms with van der Waals surface area (Å²) in [6.07, 6.45) is 1.53. The highest BCUT2D eigenvalue weighted by atomic mass is 79.9.